The Morgan fingerprint density at radius 3 is 2.36 bits per heavy atom. The van der Waals surface area contributed by atoms with Gasteiger partial charge < -0.3 is 15.1 Å². The molecule has 0 amide bonds. The number of likely N-dealkylation sites (N-methyl/N-ethyl adjacent to an activating group) is 1. The minimum absolute atomic E-state index is 0.193. The molecule has 0 atom stereocenters. The lowest BCUT2D eigenvalue weighted by atomic mass is 9.91. The summed E-state index contributed by atoms with van der Waals surface area (Å²) in [5.41, 5.74) is 2.53. The lowest BCUT2D eigenvalue weighted by Gasteiger charge is -2.39. The van der Waals surface area contributed by atoms with E-state index < -0.39 is 15.6 Å². The van der Waals surface area contributed by atoms with Crippen molar-refractivity contribution in [3.05, 3.63) is 41.2 Å². The first-order valence-electron chi connectivity index (χ1n) is 12.8. The fraction of sp³-hybridized carbons (Fsp3) is 0.600. The number of sulfonamides is 1. The molecule has 3 aliphatic rings. The maximum atomic E-state index is 12.4. The van der Waals surface area contributed by atoms with Gasteiger partial charge in [-0.15, -0.1) is 0 Å². The molecular weight excluding hydrogens is 498 g/mol. The summed E-state index contributed by atoms with van der Waals surface area (Å²) in [5.74, 6) is 0.515. The summed E-state index contributed by atoms with van der Waals surface area (Å²) in [6.45, 7) is 8.40. The molecule has 9 nitrogen and oxygen atoms in total. The number of anilines is 3. The highest BCUT2D eigenvalue weighted by Gasteiger charge is 2.41. The third-order valence-electron chi connectivity index (χ3n) is 7.49. The van der Waals surface area contributed by atoms with Gasteiger partial charge in [0.2, 0.25) is 16.0 Å². The fourth-order valence-electron chi connectivity index (χ4n) is 4.85. The highest BCUT2D eigenvalue weighted by molar-refractivity contribution is 7.90. The Hall–Kier alpha value is -1.98. The normalized spacial score (nSPS) is 21.5. The van der Waals surface area contributed by atoms with E-state index in [1.165, 1.54) is 5.69 Å². The second-order valence-corrected chi connectivity index (χ2v) is 13.0. The van der Waals surface area contributed by atoms with Gasteiger partial charge in [0, 0.05) is 62.7 Å². The van der Waals surface area contributed by atoms with Crippen LogP contribution in [0.1, 0.15) is 38.3 Å². The monoisotopic (exact) mass is 533 g/mol. The maximum absolute atomic E-state index is 12.4. The van der Waals surface area contributed by atoms with E-state index in [9.17, 15) is 8.42 Å². The summed E-state index contributed by atoms with van der Waals surface area (Å²) in [5, 5.41) is 3.64. The molecule has 36 heavy (non-hydrogen) atoms. The van der Waals surface area contributed by atoms with Crippen molar-refractivity contribution in [3.8, 4) is 0 Å². The third kappa shape index (κ3) is 6.28. The van der Waals surface area contributed by atoms with Crippen LogP contribution in [0, 0.1) is 0 Å². The first-order valence-corrected chi connectivity index (χ1v) is 14.7. The summed E-state index contributed by atoms with van der Waals surface area (Å²) >= 11 is 6.44. The third-order valence-corrected chi connectivity index (χ3v) is 9.94. The van der Waals surface area contributed by atoms with Crippen LogP contribution < -0.4 is 14.9 Å². The first kappa shape index (κ1) is 25.7. The minimum Gasteiger partial charge on any atom is -0.369 e. The van der Waals surface area contributed by atoms with Gasteiger partial charge in [0.1, 0.15) is 0 Å². The molecule has 0 bridgehead atoms. The number of halogens is 1. The lowest BCUT2D eigenvalue weighted by Crippen LogP contribution is -2.53. The van der Waals surface area contributed by atoms with Crippen LogP contribution in [-0.2, 0) is 16.6 Å². The van der Waals surface area contributed by atoms with Crippen molar-refractivity contribution < 1.29 is 8.42 Å². The SMILES string of the molecule is CN1CCN(c2ccc(Nc3ncc(Cl)c(CN4CCC(C)(NS(=O)(=O)C5CC5)CC4)n3)cc2)CC1. The van der Waals surface area contributed by atoms with Gasteiger partial charge >= 0.3 is 0 Å². The van der Waals surface area contributed by atoms with Crippen molar-refractivity contribution in [2.45, 2.75) is 49.9 Å². The number of likely N-dealkylation sites (tertiary alicyclic amines) is 1. The van der Waals surface area contributed by atoms with Gasteiger partial charge in [-0.3, -0.25) is 4.90 Å². The van der Waals surface area contributed by atoms with Crippen LogP contribution in [0.2, 0.25) is 5.02 Å². The Kier molecular flexibility index (Phi) is 7.42. The fourth-order valence-corrected chi connectivity index (χ4v) is 6.81. The van der Waals surface area contributed by atoms with E-state index in [4.69, 9.17) is 11.6 Å². The molecule has 2 saturated heterocycles. The first-order chi connectivity index (χ1) is 17.2. The van der Waals surface area contributed by atoms with Crippen LogP contribution in [0.15, 0.2) is 30.5 Å². The molecule has 1 aromatic carbocycles. The molecule has 1 saturated carbocycles. The number of benzene rings is 1. The van der Waals surface area contributed by atoms with E-state index in [-0.39, 0.29) is 5.25 Å². The van der Waals surface area contributed by atoms with Crippen LogP contribution in [0.4, 0.5) is 17.3 Å². The number of hydrogen-bond donors (Lipinski definition) is 2. The molecule has 2 aromatic rings. The largest absolute Gasteiger partial charge is 0.369 e. The second kappa shape index (κ2) is 10.4. The molecule has 2 N–H and O–H groups in total. The van der Waals surface area contributed by atoms with Crippen LogP contribution in [-0.4, -0.2) is 85.3 Å². The Morgan fingerprint density at radius 2 is 1.72 bits per heavy atom. The topological polar surface area (TPSA) is 93.7 Å². The summed E-state index contributed by atoms with van der Waals surface area (Å²) < 4.78 is 27.8. The molecule has 0 unspecified atom stereocenters. The van der Waals surface area contributed by atoms with E-state index in [2.05, 4.69) is 66.0 Å². The summed E-state index contributed by atoms with van der Waals surface area (Å²) in [6, 6.07) is 8.37. The van der Waals surface area contributed by atoms with Crippen molar-refractivity contribution in [2.75, 3.05) is 56.5 Å². The van der Waals surface area contributed by atoms with Crippen LogP contribution in [0.25, 0.3) is 0 Å². The molecule has 3 fully saturated rings. The van der Waals surface area contributed by atoms with E-state index >= 15 is 0 Å². The van der Waals surface area contributed by atoms with Gasteiger partial charge in [-0.05, 0) is 63.9 Å². The van der Waals surface area contributed by atoms with Gasteiger partial charge in [-0.1, -0.05) is 11.6 Å². The maximum Gasteiger partial charge on any atom is 0.227 e. The lowest BCUT2D eigenvalue weighted by molar-refractivity contribution is 0.154. The highest BCUT2D eigenvalue weighted by Crippen LogP contribution is 2.32. The Balaban J connectivity index is 1.17. The van der Waals surface area contributed by atoms with Crippen molar-refractivity contribution in [1.29, 1.82) is 0 Å². The Bertz CT molecular complexity index is 1160. The Labute approximate surface area is 219 Å². The average Bonchev–Trinajstić information content (AvgIpc) is 3.70. The number of rotatable bonds is 8. The van der Waals surface area contributed by atoms with E-state index in [0.29, 0.717) is 17.5 Å². The standard InChI is InChI=1S/C25H36ClN7O2S/c1-25(30-36(34,35)21-7-8-21)9-11-32(12-10-25)18-23-22(26)17-27-24(29-23)28-19-3-5-20(6-4-19)33-15-13-31(2)14-16-33/h3-6,17,21,30H,7-16,18H2,1-2H3,(H,27,28,29). The summed E-state index contributed by atoms with van der Waals surface area (Å²) in [7, 11) is -1.04. The van der Waals surface area contributed by atoms with E-state index in [0.717, 1.165) is 76.3 Å². The predicted octanol–water partition coefficient (Wildman–Crippen LogP) is 3.06. The summed E-state index contributed by atoms with van der Waals surface area (Å²) in [6.07, 6.45) is 4.71. The number of nitrogens with one attached hydrogen (secondary N) is 2. The minimum atomic E-state index is -3.20. The Morgan fingerprint density at radius 1 is 1.06 bits per heavy atom. The van der Waals surface area contributed by atoms with Gasteiger partial charge in [0.15, 0.2) is 0 Å². The molecule has 196 valence electrons. The quantitative estimate of drug-likeness (QED) is 0.535. The smallest absolute Gasteiger partial charge is 0.227 e. The average molecular weight is 534 g/mol. The number of piperidine rings is 1. The van der Waals surface area contributed by atoms with Crippen molar-refractivity contribution in [2.24, 2.45) is 0 Å². The van der Waals surface area contributed by atoms with E-state index in [1.54, 1.807) is 6.20 Å². The summed E-state index contributed by atoms with van der Waals surface area (Å²) in [4.78, 5) is 16.1. The number of piperazine rings is 1. The zero-order chi connectivity index (χ0) is 25.3. The molecule has 3 heterocycles. The molecule has 5 rings (SSSR count). The number of hydrogen-bond acceptors (Lipinski definition) is 8. The molecule has 1 aliphatic carbocycles. The zero-order valence-electron chi connectivity index (χ0n) is 21.1. The zero-order valence-corrected chi connectivity index (χ0v) is 22.7. The van der Waals surface area contributed by atoms with Gasteiger partial charge in [-0.2, -0.15) is 0 Å². The highest BCUT2D eigenvalue weighted by atomic mass is 35.5. The predicted molar refractivity (Wildman–Crippen MR) is 144 cm³/mol. The van der Waals surface area contributed by atoms with Crippen molar-refractivity contribution >= 4 is 38.9 Å². The molecule has 2 aliphatic heterocycles. The van der Waals surface area contributed by atoms with Crippen LogP contribution in [0.3, 0.4) is 0 Å². The van der Waals surface area contributed by atoms with Crippen molar-refractivity contribution in [1.82, 2.24) is 24.5 Å². The molecule has 0 spiro atoms. The molecule has 1 aromatic heterocycles. The van der Waals surface area contributed by atoms with Gasteiger partial charge in [0.05, 0.1) is 22.2 Å². The molecule has 11 heteroatoms. The number of aromatic nitrogens is 2. The molecule has 0 radical (unpaired) electrons. The van der Waals surface area contributed by atoms with Crippen molar-refractivity contribution in [3.63, 3.8) is 0 Å². The van der Waals surface area contributed by atoms with Gasteiger partial charge in [0.25, 0.3) is 0 Å². The van der Waals surface area contributed by atoms with E-state index in [1.807, 2.05) is 6.92 Å². The molecular formula is C25H36ClN7O2S. The second-order valence-electron chi connectivity index (χ2n) is 10.6. The van der Waals surface area contributed by atoms with Crippen LogP contribution >= 0.6 is 11.6 Å². The number of nitrogens with zero attached hydrogens (tertiary/aromatic N) is 5. The van der Waals surface area contributed by atoms with Gasteiger partial charge in [-0.25, -0.2) is 23.1 Å². The van der Waals surface area contributed by atoms with Crippen LogP contribution in [0.5, 0.6) is 0 Å².